The van der Waals surface area contributed by atoms with E-state index < -0.39 is 39.9 Å². The fourth-order valence-electron chi connectivity index (χ4n) is 0.791. The first-order valence-corrected chi connectivity index (χ1v) is 4.55. The van der Waals surface area contributed by atoms with E-state index in [1.54, 1.807) is 0 Å². The molecule has 0 aromatic rings. The molecule has 0 rings (SSSR count). The van der Waals surface area contributed by atoms with Crippen LogP contribution in [0.15, 0.2) is 0 Å². The first kappa shape index (κ1) is 13.4. The lowest BCUT2D eigenvalue weighted by molar-refractivity contribution is -0.143. The summed E-state index contributed by atoms with van der Waals surface area (Å²) in [5.74, 6) is -1.35. The van der Waals surface area contributed by atoms with Crippen LogP contribution in [0.5, 0.6) is 0 Å². The molecule has 0 amide bonds. The smallest absolute Gasteiger partial charge is 0.324 e. The zero-order valence-electron chi connectivity index (χ0n) is 7.28. The number of nitrogens with zero attached hydrogens (tertiary/aromatic N) is 1. The molecule has 2 unspecified atom stereocenters. The van der Waals surface area contributed by atoms with Crippen LogP contribution < -0.4 is 0 Å². The minimum atomic E-state index is -1.35. The summed E-state index contributed by atoms with van der Waals surface area (Å²) in [6.45, 7) is -1.58. The van der Waals surface area contributed by atoms with E-state index in [9.17, 15) is 9.36 Å². The Bertz CT molecular complexity index is 201. The summed E-state index contributed by atoms with van der Waals surface area (Å²) in [4.78, 5) is 10.5. The van der Waals surface area contributed by atoms with Crippen LogP contribution in [-0.4, -0.2) is 63.0 Å². The summed E-state index contributed by atoms with van der Waals surface area (Å²) in [5, 5.41) is 34.7. The SMILES string of the molecule is O=PN(CC(O)CO)C(CO)C(=O)O. The van der Waals surface area contributed by atoms with Crippen LogP contribution in [0.4, 0.5) is 0 Å². The van der Waals surface area contributed by atoms with Gasteiger partial charge in [0.25, 0.3) is 0 Å². The number of aliphatic carboxylic acids is 1. The van der Waals surface area contributed by atoms with Crippen LogP contribution in [0, 0.1) is 0 Å². The third kappa shape index (κ3) is 4.08. The second-order valence-corrected chi connectivity index (χ2v) is 3.25. The fourth-order valence-corrected chi connectivity index (χ4v) is 1.33. The van der Waals surface area contributed by atoms with E-state index in [0.29, 0.717) is 0 Å². The van der Waals surface area contributed by atoms with Gasteiger partial charge in [-0.25, -0.2) is 4.67 Å². The van der Waals surface area contributed by atoms with E-state index in [2.05, 4.69) is 0 Å². The second kappa shape index (κ2) is 6.80. The molecule has 0 aromatic carbocycles. The molecule has 0 saturated carbocycles. The standard InChI is InChI=1S/C6H12NO6P/c8-2-4(10)1-7(14-13)5(3-9)6(11)12/h4-5,8-10H,1-3H2,(H,11,12). The molecule has 0 bridgehead atoms. The quantitative estimate of drug-likeness (QED) is 0.381. The average molecular weight is 225 g/mol. The number of carbonyl (C=O) groups is 1. The van der Waals surface area contributed by atoms with E-state index >= 15 is 0 Å². The summed E-state index contributed by atoms with van der Waals surface area (Å²) in [5.41, 5.74) is 0. The lowest BCUT2D eigenvalue weighted by Crippen LogP contribution is -2.42. The Morgan fingerprint density at radius 2 is 1.93 bits per heavy atom. The highest BCUT2D eigenvalue weighted by molar-refractivity contribution is 7.20. The molecule has 0 saturated heterocycles. The maximum atomic E-state index is 10.5. The molecule has 2 atom stereocenters. The molecule has 4 N–H and O–H groups in total. The van der Waals surface area contributed by atoms with E-state index in [1.165, 1.54) is 0 Å². The Kier molecular flexibility index (Phi) is 6.52. The molecule has 0 aliphatic rings. The maximum absolute atomic E-state index is 10.5. The van der Waals surface area contributed by atoms with Crippen LogP contribution in [0.2, 0.25) is 0 Å². The van der Waals surface area contributed by atoms with Crippen LogP contribution in [-0.2, 0) is 9.36 Å². The van der Waals surface area contributed by atoms with E-state index in [1.807, 2.05) is 0 Å². The summed E-state index contributed by atoms with van der Waals surface area (Å²) in [6, 6.07) is -1.35. The zero-order chi connectivity index (χ0) is 11.1. The molecular formula is C6H12NO6P. The highest BCUT2D eigenvalue weighted by Crippen LogP contribution is 2.12. The lowest BCUT2D eigenvalue weighted by atomic mass is 10.3. The number of carboxylic acid groups (broad SMARTS) is 1. The van der Waals surface area contributed by atoms with Crippen molar-refractivity contribution in [3.63, 3.8) is 0 Å². The molecule has 8 heteroatoms. The zero-order valence-corrected chi connectivity index (χ0v) is 8.17. The number of aliphatic hydroxyl groups excluding tert-OH is 3. The maximum Gasteiger partial charge on any atom is 0.324 e. The van der Waals surface area contributed by atoms with Crippen molar-refractivity contribution in [2.75, 3.05) is 19.8 Å². The molecule has 14 heavy (non-hydrogen) atoms. The summed E-state index contributed by atoms with van der Waals surface area (Å²) < 4.78 is 11.3. The highest BCUT2D eigenvalue weighted by atomic mass is 31.1. The normalized spacial score (nSPS) is 15.7. The van der Waals surface area contributed by atoms with Gasteiger partial charge < -0.3 is 20.4 Å². The van der Waals surface area contributed by atoms with Gasteiger partial charge in [-0.2, -0.15) is 0 Å². The number of hydrogen-bond donors (Lipinski definition) is 4. The van der Waals surface area contributed by atoms with Gasteiger partial charge >= 0.3 is 5.97 Å². The van der Waals surface area contributed by atoms with Crippen LogP contribution in [0.3, 0.4) is 0 Å². The molecule has 0 radical (unpaired) electrons. The summed E-state index contributed by atoms with van der Waals surface area (Å²) >= 11 is 0. The van der Waals surface area contributed by atoms with Crippen molar-refractivity contribution in [1.29, 1.82) is 0 Å². The molecule has 7 nitrogen and oxygen atoms in total. The summed E-state index contributed by atoms with van der Waals surface area (Å²) in [6.07, 6.45) is -1.19. The minimum absolute atomic E-state index is 0.293. The predicted octanol–water partition coefficient (Wildman–Crippen LogP) is -1.71. The Labute approximate surface area is 81.8 Å². The molecule has 0 aliphatic heterocycles. The molecule has 82 valence electrons. The first-order valence-electron chi connectivity index (χ1n) is 3.79. The van der Waals surface area contributed by atoms with Crippen molar-refractivity contribution in [2.45, 2.75) is 12.1 Å². The van der Waals surface area contributed by atoms with Gasteiger partial charge in [0.1, 0.15) is 6.04 Å². The van der Waals surface area contributed by atoms with Crippen molar-refractivity contribution in [1.82, 2.24) is 4.67 Å². The van der Waals surface area contributed by atoms with E-state index in [-0.39, 0.29) is 6.54 Å². The van der Waals surface area contributed by atoms with Gasteiger partial charge in [0.15, 0.2) is 0 Å². The molecule has 0 spiro atoms. The Morgan fingerprint density at radius 3 is 2.21 bits per heavy atom. The fraction of sp³-hybridized carbons (Fsp3) is 0.833. The van der Waals surface area contributed by atoms with Crippen LogP contribution >= 0.6 is 8.61 Å². The minimum Gasteiger partial charge on any atom is -0.480 e. The van der Waals surface area contributed by atoms with Gasteiger partial charge in [-0.15, -0.1) is 0 Å². The molecule has 0 fully saturated rings. The van der Waals surface area contributed by atoms with Gasteiger partial charge in [0.2, 0.25) is 8.61 Å². The van der Waals surface area contributed by atoms with Crippen molar-refractivity contribution < 1.29 is 29.8 Å². The summed E-state index contributed by atoms with van der Waals surface area (Å²) in [7, 11) is -0.629. The molecule has 0 heterocycles. The Morgan fingerprint density at radius 1 is 1.36 bits per heavy atom. The number of carboxylic acids is 1. The second-order valence-electron chi connectivity index (χ2n) is 2.58. The predicted molar refractivity (Wildman–Crippen MR) is 45.9 cm³/mol. The van der Waals surface area contributed by atoms with Crippen LogP contribution in [0.1, 0.15) is 0 Å². The molecule has 0 aromatic heterocycles. The van der Waals surface area contributed by atoms with Gasteiger partial charge in [-0.1, -0.05) is 0 Å². The highest BCUT2D eigenvalue weighted by Gasteiger charge is 2.26. The third-order valence-electron chi connectivity index (χ3n) is 1.53. The van der Waals surface area contributed by atoms with Gasteiger partial charge in [0, 0.05) is 6.54 Å². The number of rotatable bonds is 7. The first-order chi connectivity index (χ1) is 6.56. The molecular weight excluding hydrogens is 213 g/mol. The van der Waals surface area contributed by atoms with Crippen molar-refractivity contribution in [3.05, 3.63) is 0 Å². The topological polar surface area (TPSA) is 118 Å². The van der Waals surface area contributed by atoms with Crippen molar-refractivity contribution >= 4 is 14.6 Å². The largest absolute Gasteiger partial charge is 0.480 e. The Hall–Kier alpha value is -0.590. The van der Waals surface area contributed by atoms with E-state index in [4.69, 9.17) is 20.4 Å². The van der Waals surface area contributed by atoms with Crippen molar-refractivity contribution in [2.24, 2.45) is 0 Å². The molecule has 0 aliphatic carbocycles. The Balaban J connectivity index is 4.36. The van der Waals surface area contributed by atoms with Gasteiger partial charge in [0.05, 0.1) is 19.3 Å². The monoisotopic (exact) mass is 225 g/mol. The number of aliphatic hydroxyl groups is 3. The van der Waals surface area contributed by atoms with Crippen LogP contribution in [0.25, 0.3) is 0 Å². The number of hydrogen-bond acceptors (Lipinski definition) is 5. The van der Waals surface area contributed by atoms with Gasteiger partial charge in [-0.05, 0) is 0 Å². The average Bonchev–Trinajstić information content (AvgIpc) is 2.16. The van der Waals surface area contributed by atoms with Gasteiger partial charge in [-0.3, -0.25) is 9.36 Å². The third-order valence-corrected chi connectivity index (χ3v) is 2.18. The van der Waals surface area contributed by atoms with E-state index in [0.717, 1.165) is 4.67 Å². The van der Waals surface area contributed by atoms with Crippen molar-refractivity contribution in [3.8, 4) is 0 Å². The lowest BCUT2D eigenvalue weighted by Gasteiger charge is -2.21.